The molecule has 10 rings (SSSR count). The standard InChI is InChI=1S/C21H26N2O2.C19H22N2O/c1-3-20-9-6-11-23-12-10-21(19(20)23)15-7-4-5-8-16(15)22-17(21)14(13-20)18(24)25-2;1-2-19-9-5-10-20-11-8-14-13-6-3-4-7-15(13)21(16(22)12-19)17(14)18(19)20/h4-5,7-8,19,22H,3,6,9-13H2,1-2H3;3-4,6-7,18H,2,5,8-12H2,1H3/t19-,20-,21-;18-,19+/m01/s1. The molecule has 0 radical (unpaired) electrons. The SMILES string of the molecule is CC[C@]12CCCN3CC[C@]4(C(=C(C(=O)OC)C1)Nc1ccccc14)[C@@H]32.CC[C@]12CCCN3CCc4c(n(c5ccccc45)C(=O)C1)[C@@H]32. The highest BCUT2D eigenvalue weighted by molar-refractivity contribution is 5.98. The van der Waals surface area contributed by atoms with Gasteiger partial charge in [-0.1, -0.05) is 50.2 Å². The van der Waals surface area contributed by atoms with Gasteiger partial charge in [-0.2, -0.15) is 0 Å². The summed E-state index contributed by atoms with van der Waals surface area (Å²) < 4.78 is 7.29. The molecule has 1 aromatic heterocycles. The summed E-state index contributed by atoms with van der Waals surface area (Å²) >= 11 is 0. The summed E-state index contributed by atoms with van der Waals surface area (Å²) in [7, 11) is 1.51. The quantitative estimate of drug-likeness (QED) is 0.308. The first-order valence-corrected chi connectivity index (χ1v) is 18.2. The van der Waals surface area contributed by atoms with Crippen LogP contribution < -0.4 is 5.32 Å². The lowest BCUT2D eigenvalue weighted by Crippen LogP contribution is -2.59. The van der Waals surface area contributed by atoms with E-state index in [-0.39, 0.29) is 22.2 Å². The number of hydrogen-bond acceptors (Lipinski definition) is 6. The molecule has 6 aliphatic heterocycles. The molecule has 7 heteroatoms. The predicted octanol–water partition coefficient (Wildman–Crippen LogP) is 7.22. The van der Waals surface area contributed by atoms with E-state index in [2.05, 4.69) is 82.1 Å². The van der Waals surface area contributed by atoms with Crippen molar-refractivity contribution >= 4 is 28.5 Å². The van der Waals surface area contributed by atoms with Crippen LogP contribution in [0.4, 0.5) is 5.69 Å². The number of benzene rings is 2. The number of nitrogens with one attached hydrogen (secondary N) is 1. The Kier molecular flexibility index (Phi) is 6.66. The van der Waals surface area contributed by atoms with Gasteiger partial charge in [0.2, 0.25) is 5.91 Å². The molecule has 3 fully saturated rings. The molecule has 3 saturated heterocycles. The van der Waals surface area contributed by atoms with Gasteiger partial charge < -0.3 is 10.1 Å². The third kappa shape index (κ3) is 3.81. The molecule has 0 amide bonds. The van der Waals surface area contributed by atoms with Crippen LogP contribution in [0.2, 0.25) is 0 Å². The van der Waals surface area contributed by atoms with E-state index in [1.165, 1.54) is 73.8 Å². The van der Waals surface area contributed by atoms with Crippen LogP contribution in [0.5, 0.6) is 0 Å². The van der Waals surface area contributed by atoms with Crippen LogP contribution in [-0.4, -0.2) is 65.6 Å². The fraction of sp³-hybridized carbons (Fsp3) is 0.550. The fourth-order valence-electron chi connectivity index (χ4n) is 11.9. The Bertz CT molecular complexity index is 1840. The Morgan fingerprint density at radius 2 is 1.64 bits per heavy atom. The summed E-state index contributed by atoms with van der Waals surface area (Å²) in [4.78, 5) is 31.1. The van der Waals surface area contributed by atoms with Gasteiger partial charge in [-0.15, -0.1) is 0 Å². The van der Waals surface area contributed by atoms with Crippen molar-refractivity contribution in [3.63, 3.8) is 0 Å². The third-order valence-corrected chi connectivity index (χ3v) is 13.9. The number of ether oxygens (including phenoxy) is 1. The number of piperidine rings is 2. The molecule has 0 unspecified atom stereocenters. The van der Waals surface area contributed by atoms with Gasteiger partial charge in [-0.25, -0.2) is 4.79 Å². The number of rotatable bonds is 3. The zero-order valence-corrected chi connectivity index (χ0v) is 28.2. The van der Waals surface area contributed by atoms with Crippen molar-refractivity contribution in [3.8, 4) is 0 Å². The van der Waals surface area contributed by atoms with Crippen LogP contribution in [0, 0.1) is 10.8 Å². The predicted molar refractivity (Wildman–Crippen MR) is 184 cm³/mol. The first-order valence-electron chi connectivity index (χ1n) is 18.2. The highest BCUT2D eigenvalue weighted by atomic mass is 16.5. The summed E-state index contributed by atoms with van der Waals surface area (Å²) in [6.07, 6.45) is 10.9. The number of anilines is 1. The number of carbonyl (C=O) groups is 2. The molecule has 1 N–H and O–H groups in total. The zero-order valence-electron chi connectivity index (χ0n) is 28.2. The minimum atomic E-state index is -0.148. The average molecular weight is 633 g/mol. The van der Waals surface area contributed by atoms with Crippen LogP contribution in [-0.2, 0) is 21.4 Å². The summed E-state index contributed by atoms with van der Waals surface area (Å²) in [5.74, 6) is 0.171. The molecule has 7 nitrogen and oxygen atoms in total. The van der Waals surface area contributed by atoms with Crippen LogP contribution >= 0.6 is 0 Å². The lowest BCUT2D eigenvalue weighted by atomic mass is 9.53. The molecule has 7 heterocycles. The van der Waals surface area contributed by atoms with Gasteiger partial charge in [0, 0.05) is 46.9 Å². The van der Waals surface area contributed by atoms with E-state index in [1.54, 1.807) is 0 Å². The van der Waals surface area contributed by atoms with E-state index in [4.69, 9.17) is 4.74 Å². The van der Waals surface area contributed by atoms with Crippen LogP contribution in [0.15, 0.2) is 59.8 Å². The number of nitrogens with zero attached hydrogens (tertiary/aromatic N) is 3. The van der Waals surface area contributed by atoms with Crippen molar-refractivity contribution < 1.29 is 14.3 Å². The summed E-state index contributed by atoms with van der Waals surface area (Å²) in [6, 6.07) is 18.1. The van der Waals surface area contributed by atoms with E-state index in [1.807, 2.05) is 0 Å². The normalized spacial score (nSPS) is 33.3. The Labute approximate surface area is 278 Å². The maximum atomic E-state index is 13.0. The number of aromatic nitrogens is 1. The molecule has 5 atom stereocenters. The lowest BCUT2D eigenvalue weighted by Gasteiger charge is -2.56. The molecule has 2 aromatic carbocycles. The molecule has 1 aliphatic carbocycles. The van der Waals surface area contributed by atoms with Crippen molar-refractivity contribution in [1.29, 1.82) is 0 Å². The van der Waals surface area contributed by atoms with Crippen molar-refractivity contribution in [2.24, 2.45) is 10.8 Å². The molecule has 0 saturated carbocycles. The van der Waals surface area contributed by atoms with Crippen LogP contribution in [0.25, 0.3) is 10.9 Å². The van der Waals surface area contributed by atoms with Gasteiger partial charge >= 0.3 is 5.97 Å². The monoisotopic (exact) mass is 632 g/mol. The van der Waals surface area contributed by atoms with Crippen LogP contribution in [0.1, 0.15) is 99.3 Å². The Balaban J connectivity index is 0.000000130. The van der Waals surface area contributed by atoms with E-state index in [9.17, 15) is 9.59 Å². The zero-order chi connectivity index (χ0) is 32.1. The molecular formula is C40H48N4O3. The number of methoxy groups -OCH3 is 1. The smallest absolute Gasteiger partial charge is 0.335 e. The summed E-state index contributed by atoms with van der Waals surface area (Å²) in [5, 5.41) is 4.95. The molecule has 7 aliphatic rings. The van der Waals surface area contributed by atoms with Gasteiger partial charge in [0.1, 0.15) is 0 Å². The molecule has 246 valence electrons. The molecule has 3 aromatic rings. The second kappa shape index (κ2) is 10.5. The summed E-state index contributed by atoms with van der Waals surface area (Å²) in [5.41, 5.74) is 8.81. The fourth-order valence-corrected chi connectivity index (χ4v) is 11.9. The molecule has 1 spiro atoms. The van der Waals surface area contributed by atoms with E-state index in [0.29, 0.717) is 18.0 Å². The van der Waals surface area contributed by atoms with Crippen molar-refractivity contribution in [2.75, 3.05) is 38.6 Å². The second-order valence-corrected chi connectivity index (χ2v) is 15.5. The summed E-state index contributed by atoms with van der Waals surface area (Å²) in [6.45, 7) is 9.26. The van der Waals surface area contributed by atoms with Gasteiger partial charge in [-0.3, -0.25) is 19.2 Å². The minimum Gasteiger partial charge on any atom is -0.466 e. The van der Waals surface area contributed by atoms with Crippen molar-refractivity contribution in [1.82, 2.24) is 14.4 Å². The Hall–Kier alpha value is -3.42. The maximum Gasteiger partial charge on any atom is 0.335 e. The largest absolute Gasteiger partial charge is 0.466 e. The van der Waals surface area contributed by atoms with Gasteiger partial charge in [-0.05, 0) is 106 Å². The number of para-hydroxylation sites is 2. The minimum absolute atomic E-state index is 0.0607. The molecule has 47 heavy (non-hydrogen) atoms. The Morgan fingerprint density at radius 3 is 2.45 bits per heavy atom. The number of fused-ring (bicyclic) bond motifs is 4. The first-order chi connectivity index (χ1) is 22.9. The Morgan fingerprint density at radius 1 is 0.894 bits per heavy atom. The van der Waals surface area contributed by atoms with Crippen molar-refractivity contribution in [3.05, 3.63) is 76.6 Å². The number of carbonyl (C=O) groups excluding carboxylic acids is 2. The van der Waals surface area contributed by atoms with Gasteiger partial charge in [0.05, 0.1) is 29.7 Å². The number of hydrogen-bond donors (Lipinski definition) is 1. The van der Waals surface area contributed by atoms with E-state index in [0.717, 1.165) is 68.4 Å². The highest BCUT2D eigenvalue weighted by Gasteiger charge is 2.66. The lowest BCUT2D eigenvalue weighted by molar-refractivity contribution is -0.137. The van der Waals surface area contributed by atoms with Crippen molar-refractivity contribution in [2.45, 2.75) is 95.6 Å². The highest BCUT2D eigenvalue weighted by Crippen LogP contribution is 2.65. The third-order valence-electron chi connectivity index (χ3n) is 13.9. The topological polar surface area (TPSA) is 66.8 Å². The second-order valence-electron chi connectivity index (χ2n) is 15.5. The average Bonchev–Trinajstić information content (AvgIpc) is 3.79. The van der Waals surface area contributed by atoms with E-state index < -0.39 is 0 Å². The number of esters is 1. The van der Waals surface area contributed by atoms with Gasteiger partial charge in [0.25, 0.3) is 0 Å². The molecular weight excluding hydrogens is 584 g/mol. The van der Waals surface area contributed by atoms with Gasteiger partial charge in [0.15, 0.2) is 0 Å². The maximum absolute atomic E-state index is 13.0. The van der Waals surface area contributed by atoms with Crippen LogP contribution in [0.3, 0.4) is 0 Å². The molecule has 0 bridgehead atoms. The van der Waals surface area contributed by atoms with E-state index >= 15 is 0 Å². The first kappa shape index (κ1) is 29.7.